The lowest BCUT2D eigenvalue weighted by atomic mass is 9.96. The van der Waals surface area contributed by atoms with E-state index in [0.29, 0.717) is 28.4 Å². The van der Waals surface area contributed by atoms with Gasteiger partial charge in [0.1, 0.15) is 17.6 Å². The summed E-state index contributed by atoms with van der Waals surface area (Å²) < 4.78 is 13.7. The molecule has 1 aliphatic rings. The minimum absolute atomic E-state index is 0.112. The minimum Gasteiger partial charge on any atom is -0.493 e. The van der Waals surface area contributed by atoms with Gasteiger partial charge in [-0.3, -0.25) is 9.59 Å². The minimum atomic E-state index is -0.491. The van der Waals surface area contributed by atoms with Gasteiger partial charge in [0.15, 0.2) is 5.69 Å². The molecule has 0 amide bonds. The zero-order chi connectivity index (χ0) is 26.9. The van der Waals surface area contributed by atoms with Crippen molar-refractivity contribution in [3.05, 3.63) is 121 Å². The number of thiazole rings is 1. The molecule has 7 nitrogen and oxygen atoms in total. The van der Waals surface area contributed by atoms with Crippen molar-refractivity contribution in [2.75, 3.05) is 6.61 Å². The van der Waals surface area contributed by atoms with Gasteiger partial charge in [0, 0.05) is 11.1 Å². The third-order valence-corrected chi connectivity index (χ3v) is 7.24. The summed E-state index contributed by atoms with van der Waals surface area (Å²) in [6.07, 6.45) is 3.44. The van der Waals surface area contributed by atoms with E-state index in [1.54, 1.807) is 24.3 Å². The summed E-state index contributed by atoms with van der Waals surface area (Å²) in [5.74, 6) is 1.88. The van der Waals surface area contributed by atoms with Crippen LogP contribution in [-0.2, 0) is 0 Å². The van der Waals surface area contributed by atoms with Crippen LogP contribution in [0.4, 0.5) is 0 Å². The molecular weight excluding hydrogens is 510 g/mol. The first-order valence-corrected chi connectivity index (χ1v) is 13.5. The molecule has 0 bridgehead atoms. The maximum absolute atomic E-state index is 13.4. The molecule has 0 spiro atoms. The molecule has 3 aromatic carbocycles. The smallest absolute Gasteiger partial charge is 0.300 e. The van der Waals surface area contributed by atoms with Crippen molar-refractivity contribution in [2.24, 2.45) is 5.92 Å². The fourth-order valence-electron chi connectivity index (χ4n) is 4.38. The zero-order valence-electron chi connectivity index (χ0n) is 21.4. The van der Waals surface area contributed by atoms with Crippen LogP contribution in [-0.4, -0.2) is 21.2 Å². The van der Waals surface area contributed by atoms with Crippen molar-refractivity contribution in [1.29, 1.82) is 0 Å². The van der Waals surface area contributed by atoms with E-state index in [4.69, 9.17) is 9.47 Å². The molecule has 0 aliphatic carbocycles. The van der Waals surface area contributed by atoms with Gasteiger partial charge >= 0.3 is 5.56 Å². The fraction of sp³-hybridized carbons (Fsp3) is 0.161. The summed E-state index contributed by atoms with van der Waals surface area (Å²) in [6.45, 7) is 4.75. The van der Waals surface area contributed by atoms with Gasteiger partial charge in [0.05, 0.1) is 11.1 Å². The van der Waals surface area contributed by atoms with Crippen molar-refractivity contribution in [3.8, 4) is 22.8 Å². The van der Waals surface area contributed by atoms with E-state index in [-0.39, 0.29) is 16.2 Å². The van der Waals surface area contributed by atoms with E-state index in [9.17, 15) is 9.59 Å². The fourth-order valence-corrected chi connectivity index (χ4v) is 5.28. The van der Waals surface area contributed by atoms with Gasteiger partial charge in [-0.1, -0.05) is 73.7 Å². The molecule has 3 heterocycles. The van der Waals surface area contributed by atoms with Crippen LogP contribution in [0.25, 0.3) is 28.4 Å². The molecule has 0 saturated carbocycles. The van der Waals surface area contributed by atoms with Crippen LogP contribution in [0, 0.1) is 5.92 Å². The van der Waals surface area contributed by atoms with Gasteiger partial charge in [0.2, 0.25) is 4.96 Å². The highest BCUT2D eigenvalue weighted by atomic mass is 32.1. The van der Waals surface area contributed by atoms with Crippen molar-refractivity contribution < 1.29 is 9.47 Å². The normalized spacial score (nSPS) is 15.2. The molecule has 0 fully saturated rings. The van der Waals surface area contributed by atoms with E-state index >= 15 is 0 Å². The molecule has 6 rings (SSSR count). The molecule has 1 aliphatic heterocycles. The Labute approximate surface area is 228 Å². The van der Waals surface area contributed by atoms with E-state index in [2.05, 4.69) is 23.9 Å². The molecular formula is C31H25N3O4S. The van der Waals surface area contributed by atoms with Crippen LogP contribution < -0.4 is 25.1 Å². The largest absolute Gasteiger partial charge is 0.493 e. The highest BCUT2D eigenvalue weighted by Gasteiger charge is 2.23. The highest BCUT2D eigenvalue weighted by Crippen LogP contribution is 2.37. The van der Waals surface area contributed by atoms with E-state index in [0.717, 1.165) is 33.8 Å². The molecule has 194 valence electrons. The third kappa shape index (κ3) is 4.98. The maximum Gasteiger partial charge on any atom is 0.300 e. The summed E-state index contributed by atoms with van der Waals surface area (Å²) >= 11 is 1.13. The number of nitrogens with zero attached hydrogens (tertiary/aromatic N) is 3. The van der Waals surface area contributed by atoms with Crippen LogP contribution in [0.15, 0.2) is 94.0 Å². The number of rotatable bonds is 6. The predicted octanol–water partition coefficient (Wildman–Crippen LogP) is 4.93. The highest BCUT2D eigenvalue weighted by molar-refractivity contribution is 7.15. The van der Waals surface area contributed by atoms with Crippen LogP contribution in [0.3, 0.4) is 0 Å². The van der Waals surface area contributed by atoms with Crippen LogP contribution >= 0.6 is 11.3 Å². The number of fused-ring (bicyclic) bond motifs is 2. The second-order valence-corrected chi connectivity index (χ2v) is 10.7. The molecule has 1 atom stereocenters. The SMILES string of the molecule is CC(C)COc1ccc(-c2nn3c(=O)c(=CC4=Cc5ccccc5OC4c4ccccc4)sc3nc2=O)cc1. The number of hydrogen-bond donors (Lipinski definition) is 0. The summed E-state index contributed by atoms with van der Waals surface area (Å²) in [5, 5.41) is 4.40. The quantitative estimate of drug-likeness (QED) is 0.307. The van der Waals surface area contributed by atoms with E-state index in [1.165, 1.54) is 4.52 Å². The third-order valence-electron chi connectivity index (χ3n) is 6.29. The van der Waals surface area contributed by atoms with Gasteiger partial charge in [-0.05, 0) is 59.5 Å². The van der Waals surface area contributed by atoms with Crippen LogP contribution in [0.5, 0.6) is 11.5 Å². The standard InChI is InChI=1S/C31H25N3O4S/c1-19(2)18-37-24-14-12-20(13-15-24)27-29(35)32-31-34(33-27)30(36)26(39-31)17-23-16-22-10-6-7-11-25(22)38-28(23)21-8-4-3-5-9-21/h3-17,19,28H,18H2,1-2H3. The van der Waals surface area contributed by atoms with Gasteiger partial charge in [0.25, 0.3) is 5.56 Å². The molecule has 0 N–H and O–H groups in total. The second kappa shape index (κ2) is 10.3. The maximum atomic E-state index is 13.4. The second-order valence-electron chi connectivity index (χ2n) is 9.70. The van der Waals surface area contributed by atoms with Crippen LogP contribution in [0.1, 0.15) is 31.1 Å². The average Bonchev–Trinajstić information content (AvgIpc) is 3.25. The molecule has 0 saturated heterocycles. The van der Waals surface area contributed by atoms with Crippen molar-refractivity contribution in [2.45, 2.75) is 20.0 Å². The number of para-hydroxylation sites is 1. The van der Waals surface area contributed by atoms with Crippen LogP contribution in [0.2, 0.25) is 0 Å². The van der Waals surface area contributed by atoms with Gasteiger partial charge in [-0.15, -0.1) is 0 Å². The molecule has 0 radical (unpaired) electrons. The number of hydrogen-bond acceptors (Lipinski definition) is 7. The Balaban J connectivity index is 1.42. The lowest BCUT2D eigenvalue weighted by Gasteiger charge is -2.26. The summed E-state index contributed by atoms with van der Waals surface area (Å²) in [6, 6.07) is 24.7. The van der Waals surface area contributed by atoms with Crippen molar-refractivity contribution in [3.63, 3.8) is 0 Å². The first-order chi connectivity index (χ1) is 19.0. The molecule has 5 aromatic rings. The molecule has 8 heteroatoms. The van der Waals surface area contributed by atoms with Gasteiger partial charge in [-0.25, -0.2) is 0 Å². The Morgan fingerprint density at radius 1 is 1.00 bits per heavy atom. The number of aromatic nitrogens is 3. The Hall–Kier alpha value is -4.56. The topological polar surface area (TPSA) is 82.8 Å². The first-order valence-electron chi connectivity index (χ1n) is 12.7. The van der Waals surface area contributed by atoms with Gasteiger partial charge < -0.3 is 9.47 Å². The molecule has 2 aromatic heterocycles. The van der Waals surface area contributed by atoms with Crippen molar-refractivity contribution >= 4 is 28.4 Å². The Morgan fingerprint density at radius 3 is 2.51 bits per heavy atom. The predicted molar refractivity (Wildman–Crippen MR) is 153 cm³/mol. The summed E-state index contributed by atoms with van der Waals surface area (Å²) in [4.78, 5) is 30.7. The number of benzene rings is 3. The molecule has 39 heavy (non-hydrogen) atoms. The lowest BCUT2D eigenvalue weighted by molar-refractivity contribution is 0.244. The lowest BCUT2D eigenvalue weighted by Crippen LogP contribution is -2.27. The van der Waals surface area contributed by atoms with Crippen molar-refractivity contribution in [1.82, 2.24) is 14.6 Å². The van der Waals surface area contributed by atoms with E-state index < -0.39 is 11.7 Å². The summed E-state index contributed by atoms with van der Waals surface area (Å²) in [7, 11) is 0. The Kier molecular flexibility index (Phi) is 6.54. The zero-order valence-corrected chi connectivity index (χ0v) is 22.2. The van der Waals surface area contributed by atoms with E-state index in [1.807, 2.05) is 66.7 Å². The Bertz CT molecular complexity index is 1860. The van der Waals surface area contributed by atoms with Gasteiger partial charge in [-0.2, -0.15) is 14.6 Å². The monoisotopic (exact) mass is 535 g/mol. The first kappa shape index (κ1) is 24.8. The average molecular weight is 536 g/mol. The number of ether oxygens (including phenoxy) is 2. The molecule has 1 unspecified atom stereocenters. The summed E-state index contributed by atoms with van der Waals surface area (Å²) in [5.41, 5.74) is 2.57. The Morgan fingerprint density at radius 2 is 1.74 bits per heavy atom.